The van der Waals surface area contributed by atoms with Gasteiger partial charge >= 0.3 is 0 Å². The van der Waals surface area contributed by atoms with Crippen molar-refractivity contribution in [2.75, 3.05) is 46.3 Å². The normalized spacial score (nSPS) is 17.1. The second-order valence-electron chi connectivity index (χ2n) is 4.98. The van der Waals surface area contributed by atoms with Gasteiger partial charge in [-0.15, -0.1) is 0 Å². The Morgan fingerprint density at radius 2 is 2.10 bits per heavy atom. The number of likely N-dealkylation sites (N-methyl/N-ethyl adjacent to an activating group) is 1. The summed E-state index contributed by atoms with van der Waals surface area (Å²) in [6.07, 6.45) is 3.76. The molecule has 2 rings (SSSR count). The van der Waals surface area contributed by atoms with Crippen LogP contribution in [-0.2, 0) is 0 Å². The Hall–Kier alpha value is -1.24. The van der Waals surface area contributed by atoms with E-state index in [2.05, 4.69) is 32.1 Å². The van der Waals surface area contributed by atoms with E-state index in [0.29, 0.717) is 6.54 Å². The molecule has 0 unspecified atom stereocenters. The van der Waals surface area contributed by atoms with Gasteiger partial charge in [-0.05, 0) is 20.0 Å². The monoisotopic (exact) mass is 297 g/mol. The van der Waals surface area contributed by atoms with Gasteiger partial charge in [-0.3, -0.25) is 9.78 Å². The standard InChI is InChI=1S/C13H20ClN5O/c1-18-5-7-19(8-6-18)4-2-3-16-13(20)11-9-15-10-12(14)17-11/h9-10H,2-8H2,1H3,(H,16,20). The highest BCUT2D eigenvalue weighted by Gasteiger charge is 2.13. The summed E-state index contributed by atoms with van der Waals surface area (Å²) in [6, 6.07) is 0. The molecule has 0 aromatic carbocycles. The van der Waals surface area contributed by atoms with Gasteiger partial charge in [0.15, 0.2) is 0 Å². The van der Waals surface area contributed by atoms with Crippen molar-refractivity contribution >= 4 is 17.5 Å². The molecule has 0 spiro atoms. The van der Waals surface area contributed by atoms with Gasteiger partial charge in [-0.2, -0.15) is 0 Å². The quantitative estimate of drug-likeness (QED) is 0.802. The Morgan fingerprint density at radius 3 is 2.80 bits per heavy atom. The number of amides is 1. The minimum atomic E-state index is -0.224. The number of halogens is 1. The second kappa shape index (κ2) is 7.52. The van der Waals surface area contributed by atoms with E-state index in [4.69, 9.17) is 11.6 Å². The molecular formula is C13H20ClN5O. The van der Waals surface area contributed by atoms with Gasteiger partial charge in [-0.1, -0.05) is 11.6 Å². The molecular weight excluding hydrogens is 278 g/mol. The van der Waals surface area contributed by atoms with Gasteiger partial charge in [0.1, 0.15) is 10.8 Å². The Bertz CT molecular complexity index is 448. The molecule has 1 aliphatic heterocycles. The van der Waals surface area contributed by atoms with E-state index in [1.807, 2.05) is 0 Å². The Morgan fingerprint density at radius 1 is 1.35 bits per heavy atom. The molecule has 6 nitrogen and oxygen atoms in total. The summed E-state index contributed by atoms with van der Waals surface area (Å²) in [5.41, 5.74) is 0.261. The number of nitrogens with one attached hydrogen (secondary N) is 1. The summed E-state index contributed by atoms with van der Waals surface area (Å²) < 4.78 is 0. The molecule has 1 N–H and O–H groups in total. The highest BCUT2D eigenvalue weighted by atomic mass is 35.5. The summed E-state index contributed by atoms with van der Waals surface area (Å²) in [5, 5.41) is 3.07. The lowest BCUT2D eigenvalue weighted by Gasteiger charge is -2.32. The minimum absolute atomic E-state index is 0.224. The SMILES string of the molecule is CN1CCN(CCCNC(=O)c2cncc(Cl)n2)CC1. The van der Waals surface area contributed by atoms with Crippen LogP contribution in [0.3, 0.4) is 0 Å². The van der Waals surface area contributed by atoms with Crippen LogP contribution in [0.15, 0.2) is 12.4 Å². The van der Waals surface area contributed by atoms with E-state index in [1.54, 1.807) is 0 Å². The van der Waals surface area contributed by atoms with E-state index in [-0.39, 0.29) is 16.8 Å². The summed E-state index contributed by atoms with van der Waals surface area (Å²) in [7, 11) is 2.14. The maximum Gasteiger partial charge on any atom is 0.271 e. The van der Waals surface area contributed by atoms with Crippen LogP contribution in [0.4, 0.5) is 0 Å². The lowest BCUT2D eigenvalue weighted by Crippen LogP contribution is -2.45. The second-order valence-corrected chi connectivity index (χ2v) is 5.37. The molecule has 1 fully saturated rings. The van der Waals surface area contributed by atoms with Gasteiger partial charge in [0.05, 0.1) is 12.4 Å². The van der Waals surface area contributed by atoms with Crippen molar-refractivity contribution in [3.63, 3.8) is 0 Å². The Labute approximate surface area is 124 Å². The van der Waals surface area contributed by atoms with Crippen molar-refractivity contribution < 1.29 is 4.79 Å². The maximum atomic E-state index is 11.8. The first-order valence-corrected chi connectivity index (χ1v) is 7.19. The molecule has 1 aliphatic rings. The van der Waals surface area contributed by atoms with Gasteiger partial charge < -0.3 is 15.1 Å². The Kier molecular flexibility index (Phi) is 5.70. The van der Waals surface area contributed by atoms with Gasteiger partial charge in [0.25, 0.3) is 5.91 Å². The van der Waals surface area contributed by atoms with Crippen LogP contribution in [0.5, 0.6) is 0 Å². The number of hydrogen-bond donors (Lipinski definition) is 1. The fraction of sp³-hybridized carbons (Fsp3) is 0.615. The number of carbonyl (C=O) groups is 1. The van der Waals surface area contributed by atoms with Crippen LogP contribution in [0.1, 0.15) is 16.9 Å². The zero-order valence-electron chi connectivity index (χ0n) is 11.7. The smallest absolute Gasteiger partial charge is 0.271 e. The lowest BCUT2D eigenvalue weighted by molar-refractivity contribution is 0.0944. The molecule has 1 aromatic rings. The average Bonchev–Trinajstić information content (AvgIpc) is 2.45. The molecule has 0 bridgehead atoms. The summed E-state index contributed by atoms with van der Waals surface area (Å²) >= 11 is 5.70. The first-order valence-electron chi connectivity index (χ1n) is 6.82. The molecule has 1 aromatic heterocycles. The van der Waals surface area contributed by atoms with Gasteiger partial charge in [0, 0.05) is 32.7 Å². The zero-order chi connectivity index (χ0) is 14.4. The molecule has 0 radical (unpaired) electrons. The third-order valence-corrected chi connectivity index (χ3v) is 3.55. The first-order chi connectivity index (χ1) is 9.65. The van der Waals surface area contributed by atoms with Crippen molar-refractivity contribution in [3.8, 4) is 0 Å². The molecule has 20 heavy (non-hydrogen) atoms. The summed E-state index contributed by atoms with van der Waals surface area (Å²) in [6.45, 7) is 6.08. The van der Waals surface area contributed by atoms with Crippen LogP contribution >= 0.6 is 11.6 Å². The first kappa shape index (κ1) is 15.2. The summed E-state index contributed by atoms with van der Waals surface area (Å²) in [4.78, 5) is 24.3. The van der Waals surface area contributed by atoms with E-state index < -0.39 is 0 Å². The number of piperazine rings is 1. The minimum Gasteiger partial charge on any atom is -0.351 e. The molecule has 7 heteroatoms. The predicted molar refractivity (Wildman–Crippen MR) is 77.9 cm³/mol. The molecule has 0 atom stereocenters. The van der Waals surface area contributed by atoms with Crippen LogP contribution in [-0.4, -0.2) is 72.0 Å². The van der Waals surface area contributed by atoms with Crippen molar-refractivity contribution in [1.29, 1.82) is 0 Å². The third kappa shape index (κ3) is 4.70. The van der Waals surface area contributed by atoms with E-state index in [0.717, 1.165) is 39.1 Å². The summed E-state index contributed by atoms with van der Waals surface area (Å²) in [5.74, 6) is -0.224. The number of nitrogens with zero attached hydrogens (tertiary/aromatic N) is 4. The maximum absolute atomic E-state index is 11.8. The molecule has 1 amide bonds. The zero-order valence-corrected chi connectivity index (χ0v) is 12.4. The third-order valence-electron chi connectivity index (χ3n) is 3.37. The van der Waals surface area contributed by atoms with Crippen molar-refractivity contribution in [1.82, 2.24) is 25.1 Å². The lowest BCUT2D eigenvalue weighted by atomic mass is 10.3. The van der Waals surface area contributed by atoms with Crippen molar-refractivity contribution in [3.05, 3.63) is 23.2 Å². The van der Waals surface area contributed by atoms with Crippen LogP contribution in [0.2, 0.25) is 5.15 Å². The molecule has 1 saturated heterocycles. The van der Waals surface area contributed by atoms with Crippen LogP contribution in [0.25, 0.3) is 0 Å². The largest absolute Gasteiger partial charge is 0.351 e. The highest BCUT2D eigenvalue weighted by Crippen LogP contribution is 2.02. The number of hydrogen-bond acceptors (Lipinski definition) is 5. The predicted octanol–water partition coefficient (Wildman–Crippen LogP) is 0.497. The molecule has 0 saturated carbocycles. The fourth-order valence-corrected chi connectivity index (χ4v) is 2.27. The van der Waals surface area contributed by atoms with Gasteiger partial charge in [-0.25, -0.2) is 4.98 Å². The average molecular weight is 298 g/mol. The highest BCUT2D eigenvalue weighted by molar-refractivity contribution is 6.29. The van der Waals surface area contributed by atoms with E-state index >= 15 is 0 Å². The fourth-order valence-electron chi connectivity index (χ4n) is 2.12. The number of carbonyl (C=O) groups excluding carboxylic acids is 1. The topological polar surface area (TPSA) is 61.4 Å². The van der Waals surface area contributed by atoms with Crippen LogP contribution < -0.4 is 5.32 Å². The van der Waals surface area contributed by atoms with Crippen molar-refractivity contribution in [2.45, 2.75) is 6.42 Å². The molecule has 0 aliphatic carbocycles. The van der Waals surface area contributed by atoms with E-state index in [1.165, 1.54) is 12.4 Å². The van der Waals surface area contributed by atoms with E-state index in [9.17, 15) is 4.79 Å². The molecule has 110 valence electrons. The number of rotatable bonds is 5. The number of aromatic nitrogens is 2. The van der Waals surface area contributed by atoms with Gasteiger partial charge in [0.2, 0.25) is 0 Å². The van der Waals surface area contributed by atoms with Crippen molar-refractivity contribution in [2.24, 2.45) is 0 Å². The molecule has 2 heterocycles. The Balaban J connectivity index is 1.64. The van der Waals surface area contributed by atoms with Crippen LogP contribution in [0, 0.1) is 0 Å².